The van der Waals surface area contributed by atoms with Crippen molar-refractivity contribution in [2.24, 2.45) is 5.92 Å². The number of urea groups is 2. The van der Waals surface area contributed by atoms with Gasteiger partial charge in [-0.2, -0.15) is 0 Å². The highest BCUT2D eigenvalue weighted by Crippen LogP contribution is 2.34. The van der Waals surface area contributed by atoms with Crippen LogP contribution in [0.25, 0.3) is 0 Å². The van der Waals surface area contributed by atoms with E-state index in [4.69, 9.17) is 23.2 Å². The topological polar surface area (TPSA) is 108 Å². The van der Waals surface area contributed by atoms with E-state index in [1.54, 1.807) is 6.07 Å². The first-order chi connectivity index (χ1) is 12.5. The van der Waals surface area contributed by atoms with E-state index in [1.165, 1.54) is 19.1 Å². The summed E-state index contributed by atoms with van der Waals surface area (Å²) in [5.74, 6) is -1.23. The number of carbonyl (C=O) groups excluding carboxylic acids is 4. The molecule has 1 fully saturated rings. The van der Waals surface area contributed by atoms with Crippen molar-refractivity contribution in [3.05, 3.63) is 33.8 Å². The van der Waals surface area contributed by atoms with Crippen molar-refractivity contribution < 1.29 is 19.2 Å². The fourth-order valence-corrected chi connectivity index (χ4v) is 3.17. The molecule has 0 unspecified atom stereocenters. The minimum absolute atomic E-state index is 0.206. The van der Waals surface area contributed by atoms with Gasteiger partial charge in [-0.25, -0.2) is 9.59 Å². The molecule has 1 heterocycles. The number of rotatable bonds is 5. The molecule has 1 aromatic rings. The summed E-state index contributed by atoms with van der Waals surface area (Å²) < 4.78 is 0. The normalized spacial score (nSPS) is 19.3. The molecule has 0 aliphatic carbocycles. The van der Waals surface area contributed by atoms with Crippen LogP contribution in [-0.2, 0) is 15.1 Å². The molecule has 1 atom stereocenters. The second-order valence-corrected chi connectivity index (χ2v) is 7.57. The minimum atomic E-state index is -1.45. The van der Waals surface area contributed by atoms with Crippen LogP contribution in [0, 0.1) is 5.92 Å². The number of hydrogen-bond acceptors (Lipinski definition) is 4. The van der Waals surface area contributed by atoms with Gasteiger partial charge in [-0.05, 0) is 25.0 Å². The zero-order valence-electron chi connectivity index (χ0n) is 15.1. The molecule has 3 N–H and O–H groups in total. The fraction of sp³-hybridized carbons (Fsp3) is 0.412. The number of imide groups is 2. The highest BCUT2D eigenvalue weighted by molar-refractivity contribution is 6.35. The van der Waals surface area contributed by atoms with Crippen LogP contribution in [0.3, 0.4) is 0 Å². The molecule has 0 spiro atoms. The zero-order valence-corrected chi connectivity index (χ0v) is 16.6. The molecule has 1 aromatic carbocycles. The van der Waals surface area contributed by atoms with Gasteiger partial charge in [-0.3, -0.25) is 19.8 Å². The summed E-state index contributed by atoms with van der Waals surface area (Å²) in [7, 11) is 0. The van der Waals surface area contributed by atoms with Gasteiger partial charge in [0.05, 0.1) is 0 Å². The highest BCUT2D eigenvalue weighted by atomic mass is 35.5. The average Bonchev–Trinajstić information content (AvgIpc) is 2.76. The molecule has 8 nitrogen and oxygen atoms in total. The molecular weight excluding hydrogens is 395 g/mol. The third-order valence-corrected chi connectivity index (χ3v) is 4.52. The largest absolute Gasteiger partial charge is 0.338 e. The molecule has 1 aliphatic heterocycles. The van der Waals surface area contributed by atoms with Crippen molar-refractivity contribution in [3.63, 3.8) is 0 Å². The molecule has 1 saturated heterocycles. The van der Waals surface area contributed by atoms with Gasteiger partial charge in [0, 0.05) is 22.2 Å². The van der Waals surface area contributed by atoms with Gasteiger partial charge >= 0.3 is 12.1 Å². The summed E-state index contributed by atoms with van der Waals surface area (Å²) in [5, 5.41) is 7.72. The average molecular weight is 415 g/mol. The molecule has 2 rings (SSSR count). The van der Waals surface area contributed by atoms with E-state index in [2.05, 4.69) is 16.0 Å². The number of nitrogens with one attached hydrogen (secondary N) is 3. The van der Waals surface area contributed by atoms with Crippen LogP contribution in [0.5, 0.6) is 0 Å². The first-order valence-electron chi connectivity index (χ1n) is 8.22. The van der Waals surface area contributed by atoms with Crippen molar-refractivity contribution in [2.75, 3.05) is 13.1 Å². The van der Waals surface area contributed by atoms with Crippen LogP contribution in [0.15, 0.2) is 18.2 Å². The highest BCUT2D eigenvalue weighted by Gasteiger charge is 2.50. The lowest BCUT2D eigenvalue weighted by atomic mass is 9.92. The number of nitrogens with zero attached hydrogens (tertiary/aromatic N) is 1. The molecular formula is C17H20Cl2N4O4. The summed E-state index contributed by atoms with van der Waals surface area (Å²) in [5.41, 5.74) is -1.09. The fourth-order valence-electron chi connectivity index (χ4n) is 2.57. The summed E-state index contributed by atoms with van der Waals surface area (Å²) in [6.45, 7) is 5.07. The smallest absolute Gasteiger partial charge is 0.325 e. The van der Waals surface area contributed by atoms with Crippen LogP contribution in [0.2, 0.25) is 10.0 Å². The Kier molecular flexibility index (Phi) is 6.33. The van der Waals surface area contributed by atoms with Gasteiger partial charge in [0.25, 0.3) is 5.91 Å². The third kappa shape index (κ3) is 4.70. The molecule has 27 heavy (non-hydrogen) atoms. The van der Waals surface area contributed by atoms with Crippen molar-refractivity contribution in [1.82, 2.24) is 20.9 Å². The maximum atomic E-state index is 12.8. The van der Waals surface area contributed by atoms with Crippen molar-refractivity contribution in [2.45, 2.75) is 26.3 Å². The summed E-state index contributed by atoms with van der Waals surface area (Å²) in [6.07, 6.45) is 0. The lowest BCUT2D eigenvalue weighted by Gasteiger charge is -2.23. The molecule has 0 saturated carbocycles. The molecule has 146 valence electrons. The molecule has 0 bridgehead atoms. The predicted octanol–water partition coefficient (Wildman–Crippen LogP) is 2.24. The van der Waals surface area contributed by atoms with Crippen LogP contribution in [-0.4, -0.2) is 41.9 Å². The van der Waals surface area contributed by atoms with Gasteiger partial charge < -0.3 is 10.6 Å². The lowest BCUT2D eigenvalue weighted by Crippen LogP contribution is -2.47. The van der Waals surface area contributed by atoms with E-state index in [9.17, 15) is 19.2 Å². The van der Waals surface area contributed by atoms with Crippen LogP contribution in [0.1, 0.15) is 26.3 Å². The summed E-state index contributed by atoms with van der Waals surface area (Å²) in [4.78, 5) is 49.4. The maximum Gasteiger partial charge on any atom is 0.325 e. The summed E-state index contributed by atoms with van der Waals surface area (Å²) >= 11 is 12.0. The van der Waals surface area contributed by atoms with E-state index in [0.29, 0.717) is 17.1 Å². The van der Waals surface area contributed by atoms with E-state index < -0.39 is 36.0 Å². The Labute approximate surface area is 166 Å². The van der Waals surface area contributed by atoms with Crippen molar-refractivity contribution in [3.8, 4) is 0 Å². The zero-order chi connectivity index (χ0) is 20.4. The van der Waals surface area contributed by atoms with Gasteiger partial charge in [0.2, 0.25) is 5.91 Å². The number of amides is 6. The monoisotopic (exact) mass is 414 g/mol. The molecule has 1 aliphatic rings. The first-order valence-corrected chi connectivity index (χ1v) is 8.97. The van der Waals surface area contributed by atoms with Gasteiger partial charge in [-0.15, -0.1) is 0 Å². The van der Waals surface area contributed by atoms with Crippen LogP contribution in [0.4, 0.5) is 9.59 Å². The lowest BCUT2D eigenvalue weighted by molar-refractivity contribution is -0.134. The standard InChI is InChI=1S/C17H20Cl2N4O4/c1-9(2)7-20-15(26)21-13(24)8-23-14(25)17(3,22-16(23)27)11-5-4-10(18)6-12(11)19/h4-6,9H,7-8H2,1-3H3,(H,22,27)(H2,20,21,24,26)/t17-/m0/s1. The Morgan fingerprint density at radius 1 is 1.26 bits per heavy atom. The number of hydrogen-bond donors (Lipinski definition) is 3. The number of carbonyl (C=O) groups is 4. The van der Waals surface area contributed by atoms with Gasteiger partial charge in [0.1, 0.15) is 12.1 Å². The Morgan fingerprint density at radius 3 is 2.52 bits per heavy atom. The summed E-state index contributed by atoms with van der Waals surface area (Å²) in [6, 6.07) is 3.08. The molecule has 0 radical (unpaired) electrons. The Bertz CT molecular complexity index is 799. The number of halogens is 2. The van der Waals surface area contributed by atoms with Crippen LogP contribution < -0.4 is 16.0 Å². The predicted molar refractivity (Wildman–Crippen MR) is 100 cm³/mol. The SMILES string of the molecule is CC(C)CNC(=O)NC(=O)CN1C(=O)N[C@@](C)(c2ccc(Cl)cc2Cl)C1=O. The first kappa shape index (κ1) is 21.0. The van der Waals surface area contributed by atoms with Gasteiger partial charge in [-0.1, -0.05) is 43.1 Å². The van der Waals surface area contributed by atoms with Crippen molar-refractivity contribution >= 4 is 47.1 Å². The Hall–Kier alpha value is -2.32. The molecule has 0 aromatic heterocycles. The van der Waals surface area contributed by atoms with E-state index in [0.717, 1.165) is 4.90 Å². The van der Waals surface area contributed by atoms with Crippen LogP contribution >= 0.6 is 23.2 Å². The molecule has 6 amide bonds. The Balaban J connectivity index is 2.09. The van der Waals surface area contributed by atoms with E-state index in [-0.39, 0.29) is 10.9 Å². The quantitative estimate of drug-likeness (QED) is 0.641. The number of benzene rings is 1. The van der Waals surface area contributed by atoms with E-state index >= 15 is 0 Å². The third-order valence-electron chi connectivity index (χ3n) is 3.97. The van der Waals surface area contributed by atoms with Gasteiger partial charge in [0.15, 0.2) is 0 Å². The second kappa shape index (κ2) is 8.14. The molecule has 10 heteroatoms. The Morgan fingerprint density at radius 2 is 1.93 bits per heavy atom. The maximum absolute atomic E-state index is 12.8. The van der Waals surface area contributed by atoms with Crippen molar-refractivity contribution in [1.29, 1.82) is 0 Å². The van der Waals surface area contributed by atoms with E-state index in [1.807, 2.05) is 13.8 Å². The second-order valence-electron chi connectivity index (χ2n) is 6.72. The minimum Gasteiger partial charge on any atom is -0.338 e.